The van der Waals surface area contributed by atoms with Crippen molar-refractivity contribution in [1.82, 2.24) is 9.66 Å². The summed E-state index contributed by atoms with van der Waals surface area (Å²) in [6, 6.07) is 31.2. The molecule has 0 aliphatic rings. The Kier molecular flexibility index (Phi) is 15.9. The summed E-state index contributed by atoms with van der Waals surface area (Å²) >= 11 is 0. The molecule has 0 fully saturated rings. The van der Waals surface area contributed by atoms with E-state index in [1.807, 2.05) is 74.5 Å². The van der Waals surface area contributed by atoms with Gasteiger partial charge in [0, 0.05) is 12.8 Å². The monoisotopic (exact) mass is 774 g/mol. The lowest BCUT2D eigenvalue weighted by molar-refractivity contribution is -0.146. The number of hydrogen-bond acceptors (Lipinski definition) is 10. The van der Waals surface area contributed by atoms with Gasteiger partial charge in [0.2, 0.25) is 0 Å². The third-order valence-electron chi connectivity index (χ3n) is 8.13. The second-order valence-corrected chi connectivity index (χ2v) is 15.8. The van der Waals surface area contributed by atoms with Gasteiger partial charge < -0.3 is 9.47 Å². The van der Waals surface area contributed by atoms with E-state index in [1.165, 1.54) is 24.3 Å². The highest BCUT2D eigenvalue weighted by Gasteiger charge is 2.16. The predicted octanol–water partition coefficient (Wildman–Crippen LogP) is 6.58. The number of carbonyl (C=O) groups excluding carboxylic acids is 2. The van der Waals surface area contributed by atoms with E-state index < -0.39 is 32.0 Å². The van der Waals surface area contributed by atoms with Crippen LogP contribution in [0, 0.1) is 13.8 Å². The molecular weight excluding hydrogens is 729 g/mol. The van der Waals surface area contributed by atoms with Crippen LogP contribution in [-0.4, -0.2) is 53.4 Å². The minimum absolute atomic E-state index is 0.102. The van der Waals surface area contributed by atoms with Crippen LogP contribution in [0.2, 0.25) is 0 Å². The SMILES string of the molecule is Cc1ccc(S(=O)(=O)N/N=C(/CCCC(=O)OCCCCOC(=O)CCC/C(=N/NS(=O)(=O)c2ccc(C)cc2)c2ccccc2)c2ccccc2)cc1. The zero-order valence-corrected chi connectivity index (χ0v) is 32.1. The molecule has 4 aromatic rings. The standard InChI is InChI=1S/C40H46N4O8S2/c1-31-21-25-35(26-22-31)53(47,48)43-41-37(33-13-5-3-6-14-33)17-11-19-39(45)51-29-9-10-30-52-40(46)20-12-18-38(34-15-7-4-8-16-34)42-44-54(49,50)36-27-23-32(2)24-28-36/h3-8,13-16,21-28,43-44H,9-12,17-20,29-30H2,1-2H3/b41-37-,42-38-. The van der Waals surface area contributed by atoms with Crippen LogP contribution in [-0.2, 0) is 39.1 Å². The van der Waals surface area contributed by atoms with Crippen LogP contribution in [0.15, 0.2) is 129 Å². The van der Waals surface area contributed by atoms with Crippen molar-refractivity contribution in [2.75, 3.05) is 13.2 Å². The highest BCUT2D eigenvalue weighted by atomic mass is 32.2. The third kappa shape index (κ3) is 13.9. The van der Waals surface area contributed by atoms with Crippen LogP contribution in [0.1, 0.15) is 73.6 Å². The van der Waals surface area contributed by atoms with Gasteiger partial charge in [0.1, 0.15) is 0 Å². The summed E-state index contributed by atoms with van der Waals surface area (Å²) < 4.78 is 61.7. The van der Waals surface area contributed by atoms with Gasteiger partial charge in [0.15, 0.2) is 0 Å². The molecule has 0 aliphatic heterocycles. The van der Waals surface area contributed by atoms with Gasteiger partial charge in [0.25, 0.3) is 20.0 Å². The Labute approximate surface area is 317 Å². The van der Waals surface area contributed by atoms with Crippen molar-refractivity contribution in [2.45, 2.75) is 75.0 Å². The molecule has 4 aromatic carbocycles. The maximum Gasteiger partial charge on any atom is 0.305 e. The Balaban J connectivity index is 1.14. The molecule has 12 nitrogen and oxygen atoms in total. The molecule has 0 heterocycles. The van der Waals surface area contributed by atoms with Gasteiger partial charge in [-0.05, 0) is 87.8 Å². The lowest BCUT2D eigenvalue weighted by Gasteiger charge is -2.10. The van der Waals surface area contributed by atoms with Crippen molar-refractivity contribution in [2.24, 2.45) is 10.2 Å². The second kappa shape index (κ2) is 20.8. The first kappa shape index (κ1) is 41.4. The summed E-state index contributed by atoms with van der Waals surface area (Å²) in [5, 5.41) is 8.39. The number of esters is 2. The number of aryl methyl sites for hydroxylation is 2. The van der Waals surface area contributed by atoms with E-state index in [1.54, 1.807) is 24.3 Å². The molecule has 286 valence electrons. The fraction of sp³-hybridized carbons (Fsp3) is 0.300. The number of carbonyl (C=O) groups is 2. The number of hydrogen-bond donors (Lipinski definition) is 2. The summed E-state index contributed by atoms with van der Waals surface area (Å²) in [4.78, 5) is 29.6. The van der Waals surface area contributed by atoms with Gasteiger partial charge >= 0.3 is 11.9 Å². The van der Waals surface area contributed by atoms with Gasteiger partial charge in [-0.15, -0.1) is 0 Å². The second-order valence-electron chi connectivity index (χ2n) is 12.5. The van der Waals surface area contributed by atoms with E-state index in [2.05, 4.69) is 19.9 Å². The van der Waals surface area contributed by atoms with Crippen molar-refractivity contribution >= 4 is 43.4 Å². The number of rotatable bonds is 21. The van der Waals surface area contributed by atoms with Crippen molar-refractivity contribution < 1.29 is 35.9 Å². The third-order valence-corrected chi connectivity index (χ3v) is 10.6. The molecule has 0 aliphatic carbocycles. The first-order valence-electron chi connectivity index (χ1n) is 17.6. The number of ether oxygens (including phenoxy) is 2. The topological polar surface area (TPSA) is 170 Å². The van der Waals surface area contributed by atoms with Gasteiger partial charge in [-0.25, -0.2) is 0 Å². The molecule has 0 saturated heterocycles. The number of sulfonamides is 2. The van der Waals surface area contributed by atoms with Crippen LogP contribution in [0.4, 0.5) is 0 Å². The molecular formula is C40H46N4O8S2. The van der Waals surface area contributed by atoms with E-state index >= 15 is 0 Å². The van der Waals surface area contributed by atoms with Crippen molar-refractivity contribution in [3.63, 3.8) is 0 Å². The van der Waals surface area contributed by atoms with Gasteiger partial charge in [-0.1, -0.05) is 96.1 Å². The maximum absolute atomic E-state index is 12.8. The van der Waals surface area contributed by atoms with Crippen molar-refractivity contribution in [3.8, 4) is 0 Å². The zero-order chi connectivity index (χ0) is 38.8. The fourth-order valence-corrected chi connectivity index (χ4v) is 6.74. The number of benzene rings is 4. The summed E-state index contributed by atoms with van der Waals surface area (Å²) in [5.41, 5.74) is 4.33. The van der Waals surface area contributed by atoms with Crippen molar-refractivity contribution in [1.29, 1.82) is 0 Å². The lowest BCUT2D eigenvalue weighted by Crippen LogP contribution is -2.21. The van der Waals surface area contributed by atoms with Crippen molar-refractivity contribution in [3.05, 3.63) is 131 Å². The Morgan fingerprint density at radius 1 is 0.500 bits per heavy atom. The molecule has 0 bridgehead atoms. The molecule has 0 radical (unpaired) electrons. The minimum Gasteiger partial charge on any atom is -0.466 e. The molecule has 0 amide bonds. The number of unbranched alkanes of at least 4 members (excludes halogenated alkanes) is 1. The van der Waals surface area contributed by atoms with E-state index in [0.717, 1.165) is 22.3 Å². The molecule has 54 heavy (non-hydrogen) atoms. The Hall–Kier alpha value is -5.34. The quantitative estimate of drug-likeness (QED) is 0.0414. The van der Waals surface area contributed by atoms with E-state index in [0.29, 0.717) is 49.9 Å². The van der Waals surface area contributed by atoms with E-state index in [4.69, 9.17) is 9.47 Å². The predicted molar refractivity (Wildman–Crippen MR) is 208 cm³/mol. The Morgan fingerprint density at radius 2 is 0.852 bits per heavy atom. The van der Waals surface area contributed by atoms with Crippen LogP contribution in [0.25, 0.3) is 0 Å². The Morgan fingerprint density at radius 3 is 1.20 bits per heavy atom. The summed E-state index contributed by atoms with van der Waals surface area (Å²) in [7, 11) is -7.73. The molecule has 4 rings (SSSR count). The smallest absolute Gasteiger partial charge is 0.305 e. The first-order valence-corrected chi connectivity index (χ1v) is 20.6. The molecule has 0 spiro atoms. The van der Waals surface area contributed by atoms with E-state index in [-0.39, 0.29) is 35.8 Å². The van der Waals surface area contributed by atoms with Gasteiger partial charge in [0.05, 0.1) is 34.4 Å². The minimum atomic E-state index is -3.87. The molecule has 0 unspecified atom stereocenters. The maximum atomic E-state index is 12.8. The first-order chi connectivity index (χ1) is 25.9. The largest absolute Gasteiger partial charge is 0.466 e. The Bertz CT molecular complexity index is 1940. The number of nitrogens with zero attached hydrogens (tertiary/aromatic N) is 2. The van der Waals surface area contributed by atoms with Gasteiger partial charge in [-0.3, -0.25) is 9.59 Å². The molecule has 2 N–H and O–H groups in total. The normalized spacial score (nSPS) is 12.2. The average Bonchev–Trinajstić information content (AvgIpc) is 3.16. The van der Waals surface area contributed by atoms with Crippen LogP contribution in [0.3, 0.4) is 0 Å². The van der Waals surface area contributed by atoms with E-state index in [9.17, 15) is 26.4 Å². The van der Waals surface area contributed by atoms with Crippen LogP contribution < -0.4 is 9.66 Å². The molecule has 0 saturated carbocycles. The number of hydrazone groups is 2. The number of nitrogens with one attached hydrogen (secondary N) is 2. The summed E-state index contributed by atoms with van der Waals surface area (Å²) in [5.74, 6) is -0.784. The zero-order valence-electron chi connectivity index (χ0n) is 30.4. The summed E-state index contributed by atoms with van der Waals surface area (Å²) in [6.45, 7) is 4.08. The van der Waals surface area contributed by atoms with Crippen LogP contribution in [0.5, 0.6) is 0 Å². The lowest BCUT2D eigenvalue weighted by atomic mass is 10.0. The summed E-state index contributed by atoms with van der Waals surface area (Å²) in [6.07, 6.45) is 2.71. The fourth-order valence-electron chi connectivity index (χ4n) is 5.08. The van der Waals surface area contributed by atoms with Gasteiger partial charge in [-0.2, -0.15) is 36.7 Å². The highest BCUT2D eigenvalue weighted by Crippen LogP contribution is 2.15. The molecule has 0 atom stereocenters. The highest BCUT2D eigenvalue weighted by molar-refractivity contribution is 7.89. The molecule has 0 aromatic heterocycles. The van der Waals surface area contributed by atoms with Crippen LogP contribution >= 0.6 is 0 Å². The molecule has 14 heteroatoms. The average molecular weight is 775 g/mol.